The summed E-state index contributed by atoms with van der Waals surface area (Å²) in [5.41, 5.74) is 1.01. The van der Waals surface area contributed by atoms with Gasteiger partial charge in [-0.2, -0.15) is 0 Å². The van der Waals surface area contributed by atoms with Crippen LogP contribution in [0.4, 0.5) is 4.39 Å². The van der Waals surface area contributed by atoms with E-state index in [4.69, 9.17) is 5.11 Å². The van der Waals surface area contributed by atoms with E-state index in [1.165, 1.54) is 12.1 Å². The smallest absolute Gasteiger partial charge is 0.320 e. The third-order valence-corrected chi connectivity index (χ3v) is 3.25. The maximum atomic E-state index is 12.8. The molecule has 0 aromatic heterocycles. The van der Waals surface area contributed by atoms with E-state index in [-0.39, 0.29) is 11.7 Å². The van der Waals surface area contributed by atoms with Gasteiger partial charge in [0, 0.05) is 6.54 Å². The predicted octanol–water partition coefficient (Wildman–Crippen LogP) is 3.16. The van der Waals surface area contributed by atoms with Crippen molar-refractivity contribution in [2.75, 3.05) is 6.54 Å². The first-order valence-electron chi connectivity index (χ1n) is 6.76. The van der Waals surface area contributed by atoms with E-state index >= 15 is 0 Å². The molecule has 1 aromatic rings. The van der Waals surface area contributed by atoms with Gasteiger partial charge in [0.1, 0.15) is 11.9 Å². The molecule has 2 atom stereocenters. The summed E-state index contributed by atoms with van der Waals surface area (Å²) >= 11 is 0. The molecule has 0 heterocycles. The highest BCUT2D eigenvalue weighted by molar-refractivity contribution is 5.73. The van der Waals surface area contributed by atoms with Crippen LogP contribution in [0.3, 0.4) is 0 Å². The fraction of sp³-hybridized carbons (Fsp3) is 0.533. The van der Waals surface area contributed by atoms with Crippen molar-refractivity contribution in [1.82, 2.24) is 5.32 Å². The Labute approximate surface area is 113 Å². The normalized spacial score (nSPS) is 14.1. The number of hydrogen-bond acceptors (Lipinski definition) is 2. The first kappa shape index (κ1) is 15.6. The standard InChI is InChI=1S/C15H22FNO2/c1-3-4-5-14(15(18)19)17-10-11(2)12-6-8-13(16)9-7-12/h6-9,11,14,17H,3-5,10H2,1-2H3,(H,18,19)/t11?,14-/m0/s1. The topological polar surface area (TPSA) is 49.3 Å². The van der Waals surface area contributed by atoms with Crippen LogP contribution in [0.25, 0.3) is 0 Å². The third-order valence-electron chi connectivity index (χ3n) is 3.25. The number of rotatable bonds is 8. The Balaban J connectivity index is 2.49. The Morgan fingerprint density at radius 1 is 1.37 bits per heavy atom. The van der Waals surface area contributed by atoms with Crippen LogP contribution in [-0.2, 0) is 4.79 Å². The Bertz CT molecular complexity index is 392. The lowest BCUT2D eigenvalue weighted by atomic mass is 10.0. The second-order valence-corrected chi connectivity index (χ2v) is 4.89. The van der Waals surface area contributed by atoms with E-state index in [9.17, 15) is 9.18 Å². The first-order chi connectivity index (χ1) is 9.04. The molecule has 0 aliphatic heterocycles. The predicted molar refractivity (Wildman–Crippen MR) is 73.8 cm³/mol. The lowest BCUT2D eigenvalue weighted by molar-refractivity contribution is -0.139. The molecule has 0 saturated carbocycles. The fourth-order valence-corrected chi connectivity index (χ4v) is 1.95. The second kappa shape index (κ2) is 7.89. The number of benzene rings is 1. The van der Waals surface area contributed by atoms with Crippen LogP contribution in [0.1, 0.15) is 44.6 Å². The minimum atomic E-state index is -0.806. The summed E-state index contributed by atoms with van der Waals surface area (Å²) in [6.07, 6.45) is 2.52. The third kappa shape index (κ3) is 5.39. The van der Waals surface area contributed by atoms with Gasteiger partial charge >= 0.3 is 5.97 Å². The summed E-state index contributed by atoms with van der Waals surface area (Å²) in [5.74, 6) is -0.904. The molecule has 4 heteroatoms. The number of carbonyl (C=O) groups is 1. The zero-order valence-electron chi connectivity index (χ0n) is 11.5. The van der Waals surface area contributed by atoms with E-state index in [0.717, 1.165) is 18.4 Å². The lowest BCUT2D eigenvalue weighted by Crippen LogP contribution is -2.38. The molecule has 1 unspecified atom stereocenters. The maximum Gasteiger partial charge on any atom is 0.320 e. The van der Waals surface area contributed by atoms with Gasteiger partial charge in [-0.05, 0) is 30.0 Å². The van der Waals surface area contributed by atoms with E-state index in [1.54, 1.807) is 12.1 Å². The van der Waals surface area contributed by atoms with Gasteiger partial charge < -0.3 is 10.4 Å². The van der Waals surface area contributed by atoms with Crippen molar-refractivity contribution in [2.45, 2.75) is 45.1 Å². The summed E-state index contributed by atoms with van der Waals surface area (Å²) in [7, 11) is 0. The summed E-state index contributed by atoms with van der Waals surface area (Å²) in [4.78, 5) is 11.1. The maximum absolute atomic E-state index is 12.8. The molecule has 0 saturated heterocycles. The van der Waals surface area contributed by atoms with Crippen molar-refractivity contribution in [3.63, 3.8) is 0 Å². The largest absolute Gasteiger partial charge is 0.480 e. The van der Waals surface area contributed by atoms with Crippen LogP contribution >= 0.6 is 0 Å². The molecular weight excluding hydrogens is 245 g/mol. The number of carboxylic acid groups (broad SMARTS) is 1. The monoisotopic (exact) mass is 267 g/mol. The average Bonchev–Trinajstić information content (AvgIpc) is 2.39. The molecule has 0 amide bonds. The minimum absolute atomic E-state index is 0.157. The molecule has 0 fully saturated rings. The van der Waals surface area contributed by atoms with Gasteiger partial charge in [-0.1, -0.05) is 38.8 Å². The Morgan fingerprint density at radius 2 is 2.00 bits per heavy atom. The molecule has 1 aromatic carbocycles. The fourth-order valence-electron chi connectivity index (χ4n) is 1.95. The summed E-state index contributed by atoms with van der Waals surface area (Å²) in [5, 5.41) is 12.2. The van der Waals surface area contributed by atoms with Gasteiger partial charge in [-0.25, -0.2) is 4.39 Å². The van der Waals surface area contributed by atoms with Crippen molar-refractivity contribution in [3.8, 4) is 0 Å². The summed E-state index contributed by atoms with van der Waals surface area (Å²) in [6, 6.07) is 5.84. The minimum Gasteiger partial charge on any atom is -0.480 e. The molecule has 0 aliphatic carbocycles. The van der Waals surface area contributed by atoms with Crippen molar-refractivity contribution < 1.29 is 14.3 Å². The van der Waals surface area contributed by atoms with Crippen LogP contribution in [0, 0.1) is 5.82 Å². The Hall–Kier alpha value is -1.42. The number of halogens is 1. The van der Waals surface area contributed by atoms with E-state index < -0.39 is 12.0 Å². The Kier molecular flexibility index (Phi) is 6.50. The highest BCUT2D eigenvalue weighted by Crippen LogP contribution is 2.15. The van der Waals surface area contributed by atoms with E-state index in [0.29, 0.717) is 13.0 Å². The highest BCUT2D eigenvalue weighted by Gasteiger charge is 2.17. The van der Waals surface area contributed by atoms with Crippen molar-refractivity contribution >= 4 is 5.97 Å². The molecule has 0 radical (unpaired) electrons. The van der Waals surface area contributed by atoms with Gasteiger partial charge in [0.25, 0.3) is 0 Å². The van der Waals surface area contributed by atoms with Crippen LogP contribution in [0.15, 0.2) is 24.3 Å². The summed E-state index contributed by atoms with van der Waals surface area (Å²) < 4.78 is 12.8. The molecule has 0 spiro atoms. The summed E-state index contributed by atoms with van der Waals surface area (Å²) in [6.45, 7) is 4.62. The van der Waals surface area contributed by atoms with E-state index in [2.05, 4.69) is 5.32 Å². The average molecular weight is 267 g/mol. The van der Waals surface area contributed by atoms with Crippen molar-refractivity contribution in [2.24, 2.45) is 0 Å². The zero-order chi connectivity index (χ0) is 14.3. The van der Waals surface area contributed by atoms with Gasteiger partial charge in [0.2, 0.25) is 0 Å². The molecule has 106 valence electrons. The molecule has 0 aliphatic rings. The molecule has 1 rings (SSSR count). The zero-order valence-corrected chi connectivity index (χ0v) is 11.5. The quantitative estimate of drug-likeness (QED) is 0.760. The first-order valence-corrected chi connectivity index (χ1v) is 6.76. The molecule has 3 nitrogen and oxygen atoms in total. The molecule has 2 N–H and O–H groups in total. The van der Waals surface area contributed by atoms with Crippen molar-refractivity contribution in [1.29, 1.82) is 0 Å². The number of unbranched alkanes of at least 4 members (excludes halogenated alkanes) is 1. The van der Waals surface area contributed by atoms with Gasteiger partial charge in [-0.15, -0.1) is 0 Å². The van der Waals surface area contributed by atoms with Crippen LogP contribution < -0.4 is 5.32 Å². The van der Waals surface area contributed by atoms with Crippen LogP contribution in [0.5, 0.6) is 0 Å². The van der Waals surface area contributed by atoms with E-state index in [1.807, 2.05) is 13.8 Å². The number of aliphatic carboxylic acids is 1. The number of nitrogens with one attached hydrogen (secondary N) is 1. The molecule has 19 heavy (non-hydrogen) atoms. The SMILES string of the molecule is CCCC[C@H](NCC(C)c1ccc(F)cc1)C(=O)O. The van der Waals surface area contributed by atoms with Crippen molar-refractivity contribution in [3.05, 3.63) is 35.6 Å². The van der Waals surface area contributed by atoms with Gasteiger partial charge in [-0.3, -0.25) is 4.79 Å². The number of carboxylic acids is 1. The lowest BCUT2D eigenvalue weighted by Gasteiger charge is -2.18. The second-order valence-electron chi connectivity index (χ2n) is 4.89. The number of hydrogen-bond donors (Lipinski definition) is 2. The highest BCUT2D eigenvalue weighted by atomic mass is 19.1. The van der Waals surface area contributed by atoms with Gasteiger partial charge in [0.15, 0.2) is 0 Å². The molecule has 0 bridgehead atoms. The molecular formula is C15H22FNO2. The van der Waals surface area contributed by atoms with Gasteiger partial charge in [0.05, 0.1) is 0 Å². The Morgan fingerprint density at radius 3 is 2.53 bits per heavy atom. The van der Waals surface area contributed by atoms with Crippen LogP contribution in [-0.4, -0.2) is 23.7 Å². The van der Waals surface area contributed by atoms with Crippen LogP contribution in [0.2, 0.25) is 0 Å².